The lowest BCUT2D eigenvalue weighted by molar-refractivity contribution is 0.389. The minimum atomic E-state index is -3.43. The van der Waals surface area contributed by atoms with E-state index in [1.165, 1.54) is 27.7 Å². The number of thiophene rings is 1. The van der Waals surface area contributed by atoms with Crippen molar-refractivity contribution in [1.29, 1.82) is 0 Å². The average molecular weight is 427 g/mol. The fourth-order valence-corrected chi connectivity index (χ4v) is 6.52. The van der Waals surface area contributed by atoms with Crippen LogP contribution in [0.15, 0.2) is 42.1 Å². The number of anilines is 1. The van der Waals surface area contributed by atoms with E-state index in [0.29, 0.717) is 26.2 Å². The molecule has 0 amide bonds. The van der Waals surface area contributed by atoms with E-state index in [-0.39, 0.29) is 0 Å². The number of hydrogen-bond acceptors (Lipinski definition) is 6. The van der Waals surface area contributed by atoms with Crippen molar-refractivity contribution in [2.24, 2.45) is 0 Å². The third-order valence-electron chi connectivity index (χ3n) is 5.61. The van der Waals surface area contributed by atoms with Crippen molar-refractivity contribution >= 4 is 43.5 Å². The van der Waals surface area contributed by atoms with Crippen molar-refractivity contribution in [2.45, 2.75) is 19.3 Å². The first kappa shape index (κ1) is 18.7. The van der Waals surface area contributed by atoms with Crippen molar-refractivity contribution in [3.8, 4) is 0 Å². The lowest BCUT2D eigenvalue weighted by Gasteiger charge is -2.34. The number of rotatable bonds is 4. The number of benzene rings is 1. The number of hydrogen-bond donors (Lipinski definition) is 0. The fourth-order valence-electron chi connectivity index (χ4n) is 4.12. The van der Waals surface area contributed by atoms with Crippen molar-refractivity contribution in [3.63, 3.8) is 0 Å². The molecule has 2 aliphatic rings. The molecule has 3 aromatic rings. The topological polar surface area (TPSA) is 66.4 Å². The first-order valence-corrected chi connectivity index (χ1v) is 12.2. The van der Waals surface area contributed by atoms with Gasteiger partial charge < -0.3 is 4.90 Å². The molecule has 1 aromatic carbocycles. The smallest absolute Gasteiger partial charge is 0.236 e. The summed E-state index contributed by atoms with van der Waals surface area (Å²) in [5, 5.41) is 2.50. The van der Waals surface area contributed by atoms with Crippen LogP contribution in [0.25, 0.3) is 16.3 Å². The van der Waals surface area contributed by atoms with Gasteiger partial charge in [0.15, 0.2) is 0 Å². The van der Waals surface area contributed by atoms with Crippen molar-refractivity contribution in [1.82, 2.24) is 14.3 Å². The summed E-state index contributed by atoms with van der Waals surface area (Å²) in [6.45, 7) is 2.18. The molecule has 0 bridgehead atoms. The predicted octanol–water partition coefficient (Wildman–Crippen LogP) is 3.30. The van der Waals surface area contributed by atoms with Crippen LogP contribution in [0.2, 0.25) is 0 Å². The number of sulfonamides is 1. The van der Waals surface area contributed by atoms with Gasteiger partial charge in [0.05, 0.1) is 5.39 Å². The molecule has 0 spiro atoms. The normalized spacial score (nSPS) is 18.0. The molecule has 150 valence electrons. The Bertz CT molecular complexity index is 1160. The Morgan fingerprint density at radius 3 is 2.59 bits per heavy atom. The van der Waals surface area contributed by atoms with Crippen LogP contribution >= 0.6 is 11.3 Å². The summed E-state index contributed by atoms with van der Waals surface area (Å²) in [5.74, 6) is 0.964. The largest absolute Gasteiger partial charge is 0.353 e. The lowest BCUT2D eigenvalue weighted by Crippen LogP contribution is -2.48. The quantitative estimate of drug-likeness (QED) is 0.640. The molecule has 0 unspecified atom stereocenters. The van der Waals surface area contributed by atoms with Crippen molar-refractivity contribution < 1.29 is 8.42 Å². The molecule has 1 fully saturated rings. The maximum atomic E-state index is 12.7. The van der Waals surface area contributed by atoms with Gasteiger partial charge in [-0.15, -0.1) is 11.3 Å². The zero-order valence-corrected chi connectivity index (χ0v) is 17.6. The summed E-state index contributed by atoms with van der Waals surface area (Å²) in [6.07, 6.45) is 6.72. The monoisotopic (exact) mass is 426 g/mol. The highest BCUT2D eigenvalue weighted by Gasteiger charge is 2.28. The van der Waals surface area contributed by atoms with Gasteiger partial charge in [-0.1, -0.05) is 30.3 Å². The van der Waals surface area contributed by atoms with E-state index >= 15 is 0 Å². The molecular weight excluding hydrogens is 404 g/mol. The Balaban J connectivity index is 1.33. The van der Waals surface area contributed by atoms with Crippen LogP contribution in [0, 0.1) is 0 Å². The van der Waals surface area contributed by atoms with Crippen molar-refractivity contribution in [3.05, 3.63) is 58.1 Å². The molecule has 0 atom stereocenters. The summed E-state index contributed by atoms with van der Waals surface area (Å²) in [6, 6.07) is 9.49. The van der Waals surface area contributed by atoms with E-state index in [2.05, 4.69) is 14.9 Å². The Morgan fingerprint density at radius 1 is 1.00 bits per heavy atom. The van der Waals surface area contributed by atoms with Gasteiger partial charge in [0.25, 0.3) is 0 Å². The highest BCUT2D eigenvalue weighted by atomic mass is 32.2. The Morgan fingerprint density at radius 2 is 1.79 bits per heavy atom. The summed E-state index contributed by atoms with van der Waals surface area (Å²) < 4.78 is 27.0. The van der Waals surface area contributed by atoms with Gasteiger partial charge in [0, 0.05) is 36.5 Å². The van der Waals surface area contributed by atoms with Crippen LogP contribution in [0.1, 0.15) is 22.4 Å². The second kappa shape index (κ2) is 7.51. The number of fused-ring (bicyclic) bond motifs is 3. The summed E-state index contributed by atoms with van der Waals surface area (Å²) in [5.41, 5.74) is 2.28. The standard InChI is InChI=1S/C21H22N4O2S2/c26-29(27,14-9-16-5-2-1-3-6-16)25-12-10-24(11-13-25)20-19-17-7-4-8-18(17)28-21(19)23-15-22-20/h1-3,5-6,9,14-15H,4,7-8,10-13H2/b14-9+. The third-order valence-corrected chi connectivity index (χ3v) is 8.38. The minimum Gasteiger partial charge on any atom is -0.353 e. The first-order valence-electron chi connectivity index (χ1n) is 9.85. The third kappa shape index (κ3) is 3.56. The van der Waals surface area contributed by atoms with E-state index in [1.807, 2.05) is 30.3 Å². The van der Waals surface area contributed by atoms with Crippen LogP contribution in [-0.2, 0) is 22.9 Å². The van der Waals surface area contributed by atoms with Crippen LogP contribution < -0.4 is 4.90 Å². The predicted molar refractivity (Wildman–Crippen MR) is 118 cm³/mol. The van der Waals surface area contributed by atoms with Gasteiger partial charge in [-0.25, -0.2) is 18.4 Å². The SMILES string of the molecule is O=S(=O)(/C=C/c1ccccc1)N1CCN(c2ncnc3sc4c(c23)CCC4)CC1. The molecule has 0 N–H and O–H groups in total. The van der Waals surface area contributed by atoms with Crippen molar-refractivity contribution in [2.75, 3.05) is 31.1 Å². The summed E-state index contributed by atoms with van der Waals surface area (Å²) in [7, 11) is -3.43. The number of aryl methyl sites for hydroxylation is 2. The second-order valence-corrected chi connectivity index (χ2v) is 10.3. The first-order chi connectivity index (χ1) is 14.1. The lowest BCUT2D eigenvalue weighted by atomic mass is 10.1. The number of aromatic nitrogens is 2. The highest BCUT2D eigenvalue weighted by molar-refractivity contribution is 7.92. The van der Waals surface area contributed by atoms with E-state index in [9.17, 15) is 8.42 Å². The molecule has 1 aliphatic heterocycles. The fraction of sp³-hybridized carbons (Fsp3) is 0.333. The maximum absolute atomic E-state index is 12.7. The molecule has 5 rings (SSSR count). The molecule has 0 saturated carbocycles. The molecule has 8 heteroatoms. The van der Waals surface area contributed by atoms with Crippen LogP contribution in [0.5, 0.6) is 0 Å². The van der Waals surface area contributed by atoms with Crippen LogP contribution in [0.4, 0.5) is 5.82 Å². The summed E-state index contributed by atoms with van der Waals surface area (Å²) >= 11 is 1.78. The van der Waals surface area contributed by atoms with E-state index < -0.39 is 10.0 Å². The summed E-state index contributed by atoms with van der Waals surface area (Å²) in [4.78, 5) is 13.8. The minimum absolute atomic E-state index is 0.458. The Kier molecular flexibility index (Phi) is 4.85. The molecule has 2 aromatic heterocycles. The van der Waals surface area contributed by atoms with E-state index in [0.717, 1.165) is 29.1 Å². The molecule has 0 radical (unpaired) electrons. The maximum Gasteiger partial charge on any atom is 0.236 e. The molecule has 1 saturated heterocycles. The van der Waals surface area contributed by atoms with Crippen LogP contribution in [0.3, 0.4) is 0 Å². The molecule has 6 nitrogen and oxygen atoms in total. The van der Waals surface area contributed by atoms with Gasteiger partial charge in [0.1, 0.15) is 17.0 Å². The van der Waals surface area contributed by atoms with E-state index in [4.69, 9.17) is 0 Å². The average Bonchev–Trinajstić information content (AvgIpc) is 3.34. The molecule has 29 heavy (non-hydrogen) atoms. The Hall–Kier alpha value is -2.29. The zero-order chi connectivity index (χ0) is 19.8. The Labute approximate surface area is 174 Å². The number of piperazine rings is 1. The molecule has 1 aliphatic carbocycles. The van der Waals surface area contributed by atoms with Gasteiger partial charge in [-0.05, 0) is 36.5 Å². The van der Waals surface area contributed by atoms with Gasteiger partial charge >= 0.3 is 0 Å². The van der Waals surface area contributed by atoms with E-state index in [1.54, 1.807) is 28.0 Å². The molecular formula is C21H22N4O2S2. The second-order valence-electron chi connectivity index (χ2n) is 7.38. The number of nitrogens with zero attached hydrogens (tertiary/aromatic N) is 4. The van der Waals surface area contributed by atoms with Crippen LogP contribution in [-0.4, -0.2) is 48.9 Å². The van der Waals surface area contributed by atoms with Gasteiger partial charge in [0.2, 0.25) is 10.0 Å². The zero-order valence-electron chi connectivity index (χ0n) is 16.0. The highest BCUT2D eigenvalue weighted by Crippen LogP contribution is 2.40. The van der Waals surface area contributed by atoms with Gasteiger partial charge in [-0.2, -0.15) is 4.31 Å². The molecule has 3 heterocycles. The van der Waals surface area contributed by atoms with Gasteiger partial charge in [-0.3, -0.25) is 0 Å².